The van der Waals surface area contributed by atoms with Crippen LogP contribution in [0.4, 0.5) is 0 Å². The fourth-order valence-electron chi connectivity index (χ4n) is 3.12. The van der Waals surface area contributed by atoms with Gasteiger partial charge in [-0.3, -0.25) is 0 Å². The van der Waals surface area contributed by atoms with Crippen LogP contribution in [0.25, 0.3) is 10.8 Å². The zero-order valence-corrected chi connectivity index (χ0v) is 14.3. The minimum atomic E-state index is 0.354. The number of fused-ring (bicyclic) bond motifs is 1. The van der Waals surface area contributed by atoms with E-state index in [0.717, 1.165) is 26.1 Å². The average molecular weight is 318 g/mol. The molecule has 3 rings (SSSR count). The van der Waals surface area contributed by atoms with Crippen LogP contribution in [-0.2, 0) is 6.42 Å². The van der Waals surface area contributed by atoms with Gasteiger partial charge in [-0.15, -0.1) is 0 Å². The van der Waals surface area contributed by atoms with Crippen LogP contribution in [-0.4, -0.2) is 19.6 Å². The number of benzene rings is 3. The Morgan fingerprint density at radius 2 is 1.50 bits per heavy atom. The first-order valence-corrected chi connectivity index (χ1v) is 8.80. The molecule has 0 spiro atoms. The summed E-state index contributed by atoms with van der Waals surface area (Å²) in [6, 6.07) is 26.1. The smallest absolute Gasteiger partial charge is 0.0298 e. The molecule has 0 aliphatic rings. The zero-order chi connectivity index (χ0) is 16.6. The molecular weight excluding hydrogens is 292 g/mol. The van der Waals surface area contributed by atoms with E-state index >= 15 is 0 Å². The molecule has 0 aromatic heterocycles. The topological polar surface area (TPSA) is 24.1 Å². The lowest BCUT2D eigenvalue weighted by Gasteiger charge is -2.17. The molecule has 2 N–H and O–H groups in total. The predicted octanol–water partition coefficient (Wildman–Crippen LogP) is 4.32. The van der Waals surface area contributed by atoms with Crippen molar-refractivity contribution in [1.29, 1.82) is 0 Å². The molecular formula is C22H26N2. The third-order valence-corrected chi connectivity index (χ3v) is 4.48. The minimum absolute atomic E-state index is 0.354. The first kappa shape index (κ1) is 16.7. The monoisotopic (exact) mass is 318 g/mol. The summed E-state index contributed by atoms with van der Waals surface area (Å²) in [5.41, 5.74) is 2.76. The summed E-state index contributed by atoms with van der Waals surface area (Å²) < 4.78 is 0. The normalized spacial score (nSPS) is 12.4. The maximum absolute atomic E-state index is 3.63. The first-order valence-electron chi connectivity index (χ1n) is 8.80. The van der Waals surface area contributed by atoms with Crippen LogP contribution in [0, 0.1) is 0 Å². The van der Waals surface area contributed by atoms with E-state index in [1.165, 1.54) is 21.9 Å². The maximum Gasteiger partial charge on any atom is 0.0298 e. The van der Waals surface area contributed by atoms with Gasteiger partial charge in [-0.05, 0) is 41.8 Å². The molecule has 24 heavy (non-hydrogen) atoms. The van der Waals surface area contributed by atoms with Gasteiger partial charge in [-0.2, -0.15) is 0 Å². The second-order valence-electron chi connectivity index (χ2n) is 6.23. The Morgan fingerprint density at radius 3 is 2.38 bits per heavy atom. The summed E-state index contributed by atoms with van der Waals surface area (Å²) in [4.78, 5) is 0. The lowest BCUT2D eigenvalue weighted by molar-refractivity contribution is 0.549. The summed E-state index contributed by atoms with van der Waals surface area (Å²) in [7, 11) is 0. The lowest BCUT2D eigenvalue weighted by Crippen LogP contribution is -2.30. The van der Waals surface area contributed by atoms with Crippen molar-refractivity contribution in [3.05, 3.63) is 83.9 Å². The van der Waals surface area contributed by atoms with Gasteiger partial charge in [0.05, 0.1) is 0 Å². The zero-order valence-electron chi connectivity index (χ0n) is 14.3. The minimum Gasteiger partial charge on any atom is -0.315 e. The van der Waals surface area contributed by atoms with E-state index in [1.807, 2.05) is 0 Å². The van der Waals surface area contributed by atoms with Crippen molar-refractivity contribution >= 4 is 10.8 Å². The molecule has 0 radical (unpaired) electrons. The van der Waals surface area contributed by atoms with Gasteiger partial charge in [0.1, 0.15) is 0 Å². The fraction of sp³-hybridized carbons (Fsp3) is 0.273. The van der Waals surface area contributed by atoms with Crippen LogP contribution in [0.2, 0.25) is 0 Å². The van der Waals surface area contributed by atoms with Crippen molar-refractivity contribution in [2.75, 3.05) is 19.6 Å². The summed E-state index contributed by atoms with van der Waals surface area (Å²) in [6.45, 7) is 5.22. The second-order valence-corrected chi connectivity index (χ2v) is 6.23. The Kier molecular flexibility index (Phi) is 6.00. The van der Waals surface area contributed by atoms with Crippen molar-refractivity contribution in [3.63, 3.8) is 0 Å². The van der Waals surface area contributed by atoms with E-state index in [0.29, 0.717) is 6.04 Å². The molecule has 0 saturated heterocycles. The molecule has 0 fully saturated rings. The lowest BCUT2D eigenvalue weighted by atomic mass is 10.00. The Balaban J connectivity index is 1.43. The van der Waals surface area contributed by atoms with E-state index in [4.69, 9.17) is 0 Å². The summed E-state index contributed by atoms with van der Waals surface area (Å²) in [5.74, 6) is 0. The van der Waals surface area contributed by atoms with Gasteiger partial charge in [0.25, 0.3) is 0 Å². The Hall–Kier alpha value is -2.16. The van der Waals surface area contributed by atoms with E-state index in [9.17, 15) is 0 Å². The highest BCUT2D eigenvalue weighted by atomic mass is 15.0. The first-order chi connectivity index (χ1) is 11.8. The van der Waals surface area contributed by atoms with Crippen LogP contribution >= 0.6 is 0 Å². The molecule has 2 heteroatoms. The highest BCUT2D eigenvalue weighted by Gasteiger charge is 2.07. The summed E-state index contributed by atoms with van der Waals surface area (Å²) in [5, 5.41) is 9.80. The number of nitrogens with one attached hydrogen (secondary N) is 2. The van der Waals surface area contributed by atoms with Crippen molar-refractivity contribution in [2.24, 2.45) is 0 Å². The van der Waals surface area contributed by atoms with Crippen molar-refractivity contribution in [2.45, 2.75) is 19.4 Å². The largest absolute Gasteiger partial charge is 0.315 e. The Morgan fingerprint density at radius 1 is 0.750 bits per heavy atom. The van der Waals surface area contributed by atoms with Crippen LogP contribution in [0.15, 0.2) is 72.8 Å². The van der Waals surface area contributed by atoms with Crippen molar-refractivity contribution < 1.29 is 0 Å². The molecule has 2 nitrogen and oxygen atoms in total. The predicted molar refractivity (Wildman–Crippen MR) is 103 cm³/mol. The molecule has 1 atom stereocenters. The second kappa shape index (κ2) is 8.62. The van der Waals surface area contributed by atoms with Crippen molar-refractivity contribution in [3.8, 4) is 0 Å². The molecule has 0 aliphatic carbocycles. The highest BCUT2D eigenvalue weighted by molar-refractivity contribution is 5.86. The van der Waals surface area contributed by atoms with Crippen LogP contribution in [0.3, 0.4) is 0 Å². The molecule has 1 unspecified atom stereocenters. The number of hydrogen-bond acceptors (Lipinski definition) is 2. The molecule has 0 amide bonds. The molecule has 0 aliphatic heterocycles. The van der Waals surface area contributed by atoms with E-state index < -0.39 is 0 Å². The van der Waals surface area contributed by atoms with Gasteiger partial charge < -0.3 is 10.6 Å². The van der Waals surface area contributed by atoms with Gasteiger partial charge in [0, 0.05) is 19.1 Å². The van der Waals surface area contributed by atoms with Gasteiger partial charge in [0.15, 0.2) is 0 Å². The molecule has 3 aromatic rings. The molecule has 0 saturated carbocycles. The van der Waals surface area contributed by atoms with Crippen LogP contribution < -0.4 is 10.6 Å². The number of hydrogen-bond donors (Lipinski definition) is 2. The van der Waals surface area contributed by atoms with Gasteiger partial charge >= 0.3 is 0 Å². The Labute approximate surface area is 144 Å². The third-order valence-electron chi connectivity index (χ3n) is 4.48. The summed E-state index contributed by atoms with van der Waals surface area (Å²) in [6.07, 6.45) is 1.08. The molecule has 3 aromatic carbocycles. The molecule has 124 valence electrons. The summed E-state index contributed by atoms with van der Waals surface area (Å²) >= 11 is 0. The van der Waals surface area contributed by atoms with E-state index in [2.05, 4.69) is 90.4 Å². The van der Waals surface area contributed by atoms with Crippen LogP contribution in [0.1, 0.15) is 24.1 Å². The quantitative estimate of drug-likeness (QED) is 0.604. The highest BCUT2D eigenvalue weighted by Crippen LogP contribution is 2.23. The standard InChI is InChI=1S/C22H26N2/c1-18(21-13-7-11-20-10-5-6-12-22(20)21)24-17-16-23-15-14-19-8-3-2-4-9-19/h2-13,18,23-24H,14-17H2,1H3. The average Bonchev–Trinajstić information content (AvgIpc) is 2.64. The van der Waals surface area contributed by atoms with Crippen LogP contribution in [0.5, 0.6) is 0 Å². The van der Waals surface area contributed by atoms with Gasteiger partial charge in [-0.25, -0.2) is 0 Å². The Bertz CT molecular complexity index is 747. The van der Waals surface area contributed by atoms with E-state index in [1.54, 1.807) is 0 Å². The maximum atomic E-state index is 3.63. The van der Waals surface area contributed by atoms with Gasteiger partial charge in [0.2, 0.25) is 0 Å². The van der Waals surface area contributed by atoms with E-state index in [-0.39, 0.29) is 0 Å². The van der Waals surface area contributed by atoms with Crippen molar-refractivity contribution in [1.82, 2.24) is 10.6 Å². The fourth-order valence-corrected chi connectivity index (χ4v) is 3.12. The number of rotatable bonds is 8. The molecule has 0 bridgehead atoms. The van der Waals surface area contributed by atoms with Gasteiger partial charge in [-0.1, -0.05) is 72.8 Å². The SMILES string of the molecule is CC(NCCNCCc1ccccc1)c1cccc2ccccc12. The molecule has 0 heterocycles. The third kappa shape index (κ3) is 4.44.